The van der Waals surface area contributed by atoms with Crippen LogP contribution in [0.15, 0.2) is 57.5 Å². The van der Waals surface area contributed by atoms with Crippen LogP contribution in [0, 0.1) is 0 Å². The van der Waals surface area contributed by atoms with Crippen LogP contribution in [-0.2, 0) is 6.42 Å². The smallest absolute Gasteiger partial charge is 0.0511 e. The highest BCUT2D eigenvalue weighted by Gasteiger charge is 2.13. The topological polar surface area (TPSA) is 38.0 Å². The molecule has 0 saturated carbocycles. The predicted octanol–water partition coefficient (Wildman–Crippen LogP) is 3.96. The number of hydrazine groups is 1. The number of benzene rings is 2. The molecule has 0 amide bonds. The Morgan fingerprint density at radius 3 is 2.39 bits per heavy atom. The number of rotatable bonds is 4. The molecule has 2 rings (SSSR count). The van der Waals surface area contributed by atoms with Gasteiger partial charge in [-0.2, -0.15) is 0 Å². The molecule has 0 heterocycles. The van der Waals surface area contributed by atoms with E-state index in [1.165, 1.54) is 5.56 Å². The van der Waals surface area contributed by atoms with E-state index >= 15 is 0 Å². The second kappa shape index (κ2) is 6.48. The van der Waals surface area contributed by atoms with Gasteiger partial charge in [0.25, 0.3) is 0 Å². The van der Waals surface area contributed by atoms with Crippen LogP contribution in [0.2, 0.25) is 0 Å². The van der Waals surface area contributed by atoms with Gasteiger partial charge < -0.3 is 0 Å². The number of hydrogen-bond acceptors (Lipinski definition) is 2. The lowest BCUT2D eigenvalue weighted by Crippen LogP contribution is -2.29. The molecule has 1 atom stereocenters. The standard InChI is InChI=1S/C14H14Br2N2/c15-11-6-7-12(13(16)9-11)14(18-17)8-10-4-2-1-3-5-10/h1-7,9,14,18H,8,17H2. The van der Waals surface area contributed by atoms with E-state index in [0.29, 0.717) is 0 Å². The first-order chi connectivity index (χ1) is 8.70. The first-order valence-corrected chi connectivity index (χ1v) is 7.24. The van der Waals surface area contributed by atoms with E-state index < -0.39 is 0 Å². The van der Waals surface area contributed by atoms with Gasteiger partial charge in [-0.05, 0) is 29.7 Å². The van der Waals surface area contributed by atoms with Crippen LogP contribution >= 0.6 is 31.9 Å². The molecule has 94 valence electrons. The molecule has 0 radical (unpaired) electrons. The maximum atomic E-state index is 5.68. The minimum absolute atomic E-state index is 0.0925. The van der Waals surface area contributed by atoms with Crippen molar-refractivity contribution in [3.05, 3.63) is 68.6 Å². The van der Waals surface area contributed by atoms with E-state index in [4.69, 9.17) is 5.84 Å². The Hall–Kier alpha value is -0.680. The summed E-state index contributed by atoms with van der Waals surface area (Å²) in [5, 5.41) is 0. The summed E-state index contributed by atoms with van der Waals surface area (Å²) in [6, 6.07) is 16.5. The fraction of sp³-hybridized carbons (Fsp3) is 0.143. The molecule has 0 aromatic heterocycles. The van der Waals surface area contributed by atoms with Gasteiger partial charge >= 0.3 is 0 Å². The minimum Gasteiger partial charge on any atom is -0.271 e. The van der Waals surface area contributed by atoms with E-state index in [1.54, 1.807) is 0 Å². The van der Waals surface area contributed by atoms with Crippen molar-refractivity contribution >= 4 is 31.9 Å². The van der Waals surface area contributed by atoms with Crippen molar-refractivity contribution < 1.29 is 0 Å². The van der Waals surface area contributed by atoms with Crippen LogP contribution in [0.5, 0.6) is 0 Å². The largest absolute Gasteiger partial charge is 0.271 e. The number of halogens is 2. The van der Waals surface area contributed by atoms with E-state index in [2.05, 4.69) is 55.5 Å². The normalized spacial score (nSPS) is 12.4. The molecule has 0 spiro atoms. The van der Waals surface area contributed by atoms with E-state index in [1.807, 2.05) is 30.3 Å². The van der Waals surface area contributed by atoms with Crippen LogP contribution in [0.3, 0.4) is 0 Å². The first-order valence-electron chi connectivity index (χ1n) is 5.65. The molecule has 0 bridgehead atoms. The number of hydrogen-bond donors (Lipinski definition) is 2. The zero-order valence-electron chi connectivity index (χ0n) is 9.74. The maximum absolute atomic E-state index is 5.68. The van der Waals surface area contributed by atoms with Crippen LogP contribution in [0.1, 0.15) is 17.2 Å². The second-order valence-corrected chi connectivity index (χ2v) is 5.84. The third-order valence-electron chi connectivity index (χ3n) is 2.82. The fourth-order valence-electron chi connectivity index (χ4n) is 1.89. The Labute approximate surface area is 124 Å². The van der Waals surface area contributed by atoms with Crippen LogP contribution < -0.4 is 11.3 Å². The highest BCUT2D eigenvalue weighted by Crippen LogP contribution is 2.28. The summed E-state index contributed by atoms with van der Waals surface area (Å²) in [7, 11) is 0. The lowest BCUT2D eigenvalue weighted by atomic mass is 9.99. The molecular weight excluding hydrogens is 356 g/mol. The molecule has 0 aliphatic carbocycles. The third-order valence-corrected chi connectivity index (χ3v) is 4.00. The highest BCUT2D eigenvalue weighted by atomic mass is 79.9. The Kier molecular flexibility index (Phi) is 4.95. The Morgan fingerprint density at radius 1 is 1.06 bits per heavy atom. The maximum Gasteiger partial charge on any atom is 0.0511 e. The van der Waals surface area contributed by atoms with Crippen molar-refractivity contribution in [1.82, 2.24) is 5.43 Å². The lowest BCUT2D eigenvalue weighted by molar-refractivity contribution is 0.550. The van der Waals surface area contributed by atoms with Crippen molar-refractivity contribution in [1.29, 1.82) is 0 Å². The van der Waals surface area contributed by atoms with Gasteiger partial charge in [0.2, 0.25) is 0 Å². The Bertz CT molecular complexity index is 514. The minimum atomic E-state index is 0.0925. The summed E-state index contributed by atoms with van der Waals surface area (Å²) in [4.78, 5) is 0. The fourth-order valence-corrected chi connectivity index (χ4v) is 3.22. The van der Waals surface area contributed by atoms with Crippen molar-refractivity contribution in [3.8, 4) is 0 Å². The van der Waals surface area contributed by atoms with Crippen LogP contribution in [0.4, 0.5) is 0 Å². The van der Waals surface area contributed by atoms with Gasteiger partial charge in [0, 0.05) is 8.95 Å². The summed E-state index contributed by atoms with van der Waals surface area (Å²) < 4.78 is 2.10. The number of nitrogens with two attached hydrogens (primary N) is 1. The van der Waals surface area contributed by atoms with Gasteiger partial charge in [-0.3, -0.25) is 11.3 Å². The summed E-state index contributed by atoms with van der Waals surface area (Å²) >= 11 is 7.03. The molecule has 2 aromatic carbocycles. The first kappa shape index (κ1) is 13.7. The van der Waals surface area contributed by atoms with Crippen LogP contribution in [-0.4, -0.2) is 0 Å². The molecule has 0 fully saturated rings. The molecule has 4 heteroatoms. The molecule has 18 heavy (non-hydrogen) atoms. The van der Waals surface area contributed by atoms with Crippen molar-refractivity contribution in [2.24, 2.45) is 5.84 Å². The molecule has 1 unspecified atom stereocenters. The molecule has 0 aliphatic heterocycles. The summed E-state index contributed by atoms with van der Waals surface area (Å²) in [5.74, 6) is 5.68. The molecule has 0 saturated heterocycles. The van der Waals surface area contributed by atoms with E-state index in [0.717, 1.165) is 20.9 Å². The molecule has 0 aliphatic rings. The Morgan fingerprint density at radius 2 is 1.78 bits per heavy atom. The highest BCUT2D eigenvalue weighted by molar-refractivity contribution is 9.11. The van der Waals surface area contributed by atoms with E-state index in [-0.39, 0.29) is 6.04 Å². The van der Waals surface area contributed by atoms with Crippen molar-refractivity contribution in [2.45, 2.75) is 12.5 Å². The molecule has 2 aromatic rings. The van der Waals surface area contributed by atoms with E-state index in [9.17, 15) is 0 Å². The lowest BCUT2D eigenvalue weighted by Gasteiger charge is -2.18. The zero-order chi connectivity index (χ0) is 13.0. The van der Waals surface area contributed by atoms with Gasteiger partial charge in [0.05, 0.1) is 6.04 Å². The van der Waals surface area contributed by atoms with Gasteiger partial charge in [0.15, 0.2) is 0 Å². The SMILES string of the molecule is NNC(Cc1ccccc1)c1ccc(Br)cc1Br. The molecular formula is C14H14Br2N2. The monoisotopic (exact) mass is 368 g/mol. The summed E-state index contributed by atoms with van der Waals surface area (Å²) in [6.45, 7) is 0. The molecule has 3 N–H and O–H groups in total. The summed E-state index contributed by atoms with van der Waals surface area (Å²) in [5.41, 5.74) is 5.30. The average Bonchev–Trinajstić information content (AvgIpc) is 2.38. The Balaban J connectivity index is 2.23. The van der Waals surface area contributed by atoms with Gasteiger partial charge in [-0.25, -0.2) is 0 Å². The predicted molar refractivity (Wildman–Crippen MR) is 82.1 cm³/mol. The van der Waals surface area contributed by atoms with Crippen molar-refractivity contribution in [2.75, 3.05) is 0 Å². The van der Waals surface area contributed by atoms with Crippen LogP contribution in [0.25, 0.3) is 0 Å². The van der Waals surface area contributed by atoms with Gasteiger partial charge in [-0.15, -0.1) is 0 Å². The second-order valence-electron chi connectivity index (χ2n) is 4.07. The quantitative estimate of drug-likeness (QED) is 0.632. The average molecular weight is 370 g/mol. The van der Waals surface area contributed by atoms with Crippen molar-refractivity contribution in [3.63, 3.8) is 0 Å². The van der Waals surface area contributed by atoms with Gasteiger partial charge in [0.1, 0.15) is 0 Å². The third kappa shape index (κ3) is 3.42. The molecule has 2 nitrogen and oxygen atoms in total. The zero-order valence-corrected chi connectivity index (χ0v) is 12.9. The van der Waals surface area contributed by atoms with Gasteiger partial charge in [-0.1, -0.05) is 68.3 Å². The number of nitrogens with one attached hydrogen (secondary N) is 1. The summed E-state index contributed by atoms with van der Waals surface area (Å²) in [6.07, 6.45) is 0.859.